The molecule has 1 atom stereocenters. The van der Waals surface area contributed by atoms with E-state index in [-0.39, 0.29) is 11.3 Å². The van der Waals surface area contributed by atoms with E-state index in [1.165, 1.54) is 5.56 Å². The molecule has 32 heavy (non-hydrogen) atoms. The minimum atomic E-state index is 0.252. The fraction of sp³-hybridized carbons (Fsp3) is 0.577. The van der Waals surface area contributed by atoms with Crippen LogP contribution in [-0.2, 0) is 11.2 Å². The van der Waals surface area contributed by atoms with Gasteiger partial charge in [-0.05, 0) is 49.3 Å². The van der Waals surface area contributed by atoms with Crippen molar-refractivity contribution in [3.8, 4) is 0 Å². The molecule has 1 aromatic carbocycles. The van der Waals surface area contributed by atoms with Crippen molar-refractivity contribution in [1.29, 1.82) is 0 Å². The molecule has 1 aliphatic rings. The third kappa shape index (κ3) is 6.68. The highest BCUT2D eigenvalue weighted by Crippen LogP contribution is 2.28. The first-order valence-corrected chi connectivity index (χ1v) is 12.0. The molecule has 0 bridgehead atoms. The molecule has 2 aromatic rings. The standard InChI is InChI=1S/C26H37ClN4O/c1-18(17-26(4,5)6)15-24(32)30-11-13-31(14-12-30)25-23(19(2)28-20(3)29-25)16-21-7-9-22(27)10-8-21/h7-10,18H,11-17H2,1-6H3. The number of nitrogens with zero attached hydrogens (tertiary/aromatic N) is 4. The summed E-state index contributed by atoms with van der Waals surface area (Å²) < 4.78 is 0. The van der Waals surface area contributed by atoms with Gasteiger partial charge in [0.1, 0.15) is 11.6 Å². The van der Waals surface area contributed by atoms with E-state index in [0.29, 0.717) is 12.3 Å². The van der Waals surface area contributed by atoms with Crippen molar-refractivity contribution >= 4 is 23.3 Å². The number of halogens is 1. The second kappa shape index (κ2) is 10.2. The van der Waals surface area contributed by atoms with Crippen LogP contribution in [0.5, 0.6) is 0 Å². The molecule has 1 aromatic heterocycles. The van der Waals surface area contributed by atoms with E-state index in [0.717, 1.165) is 66.9 Å². The summed E-state index contributed by atoms with van der Waals surface area (Å²) >= 11 is 6.06. The minimum absolute atomic E-state index is 0.252. The maximum Gasteiger partial charge on any atom is 0.222 e. The Morgan fingerprint density at radius 2 is 1.69 bits per heavy atom. The molecule has 0 spiro atoms. The number of amides is 1. The van der Waals surface area contributed by atoms with Crippen molar-refractivity contribution in [2.75, 3.05) is 31.1 Å². The average molecular weight is 457 g/mol. The number of anilines is 1. The topological polar surface area (TPSA) is 49.3 Å². The monoisotopic (exact) mass is 456 g/mol. The van der Waals surface area contributed by atoms with Crippen LogP contribution in [0.25, 0.3) is 0 Å². The van der Waals surface area contributed by atoms with Crippen molar-refractivity contribution in [3.63, 3.8) is 0 Å². The molecular formula is C26H37ClN4O. The van der Waals surface area contributed by atoms with E-state index in [2.05, 4.69) is 56.6 Å². The van der Waals surface area contributed by atoms with Crippen LogP contribution in [0.2, 0.25) is 5.02 Å². The molecule has 6 heteroatoms. The van der Waals surface area contributed by atoms with Crippen molar-refractivity contribution in [2.45, 2.75) is 60.8 Å². The van der Waals surface area contributed by atoms with Gasteiger partial charge in [0.05, 0.1) is 0 Å². The molecule has 0 saturated carbocycles. The summed E-state index contributed by atoms with van der Waals surface area (Å²) in [4.78, 5) is 26.6. The largest absolute Gasteiger partial charge is 0.353 e. The van der Waals surface area contributed by atoms with Crippen molar-refractivity contribution in [2.24, 2.45) is 11.3 Å². The molecule has 3 rings (SSSR count). The lowest BCUT2D eigenvalue weighted by atomic mass is 9.84. The number of carbonyl (C=O) groups is 1. The Kier molecular flexibility index (Phi) is 7.81. The average Bonchev–Trinajstić information content (AvgIpc) is 2.70. The van der Waals surface area contributed by atoms with Crippen LogP contribution in [-0.4, -0.2) is 47.0 Å². The molecule has 1 saturated heterocycles. The smallest absolute Gasteiger partial charge is 0.222 e. The first-order chi connectivity index (χ1) is 15.0. The number of hydrogen-bond acceptors (Lipinski definition) is 4. The van der Waals surface area contributed by atoms with Crippen LogP contribution in [0.4, 0.5) is 5.82 Å². The number of hydrogen-bond donors (Lipinski definition) is 0. The summed E-state index contributed by atoms with van der Waals surface area (Å²) in [6.45, 7) is 16.0. The maximum atomic E-state index is 12.9. The first-order valence-electron chi connectivity index (χ1n) is 11.6. The van der Waals surface area contributed by atoms with Gasteiger partial charge >= 0.3 is 0 Å². The Balaban J connectivity index is 1.68. The number of carbonyl (C=O) groups excluding carboxylic acids is 1. The maximum absolute atomic E-state index is 12.9. The Morgan fingerprint density at radius 1 is 1.06 bits per heavy atom. The fourth-order valence-electron chi connectivity index (χ4n) is 4.71. The molecule has 1 unspecified atom stereocenters. The van der Waals surface area contributed by atoms with Gasteiger partial charge in [-0.3, -0.25) is 4.79 Å². The summed E-state index contributed by atoms with van der Waals surface area (Å²) in [5.74, 6) is 2.46. The Bertz CT molecular complexity index is 928. The van der Waals surface area contributed by atoms with Crippen LogP contribution in [0, 0.1) is 25.2 Å². The van der Waals surface area contributed by atoms with E-state index >= 15 is 0 Å². The first kappa shape index (κ1) is 24.5. The molecule has 174 valence electrons. The van der Waals surface area contributed by atoms with E-state index in [4.69, 9.17) is 16.6 Å². The van der Waals surface area contributed by atoms with Crippen molar-refractivity contribution in [3.05, 3.63) is 51.9 Å². The molecule has 1 aliphatic heterocycles. The van der Waals surface area contributed by atoms with Crippen molar-refractivity contribution in [1.82, 2.24) is 14.9 Å². The highest BCUT2D eigenvalue weighted by Gasteiger charge is 2.26. The molecule has 5 nitrogen and oxygen atoms in total. The summed E-state index contributed by atoms with van der Waals surface area (Å²) in [5, 5.41) is 0.739. The van der Waals surface area contributed by atoms with Gasteiger partial charge in [-0.1, -0.05) is 51.4 Å². The third-order valence-electron chi connectivity index (χ3n) is 6.01. The lowest BCUT2D eigenvalue weighted by molar-refractivity contribution is -0.132. The Hall–Kier alpha value is -2.14. The highest BCUT2D eigenvalue weighted by atomic mass is 35.5. The van der Waals surface area contributed by atoms with Crippen LogP contribution in [0.3, 0.4) is 0 Å². The normalized spacial score (nSPS) is 15.7. The van der Waals surface area contributed by atoms with Gasteiger partial charge in [0.15, 0.2) is 0 Å². The van der Waals surface area contributed by atoms with Gasteiger partial charge in [-0.25, -0.2) is 9.97 Å². The van der Waals surface area contributed by atoms with Crippen LogP contribution >= 0.6 is 11.6 Å². The van der Waals surface area contributed by atoms with Crippen molar-refractivity contribution < 1.29 is 4.79 Å². The molecule has 0 radical (unpaired) electrons. The Morgan fingerprint density at radius 3 is 2.28 bits per heavy atom. The van der Waals surface area contributed by atoms with Gasteiger partial charge in [-0.15, -0.1) is 0 Å². The second-order valence-electron chi connectivity index (χ2n) is 10.4. The van der Waals surface area contributed by atoms with E-state index in [1.807, 2.05) is 24.0 Å². The Labute approximate surface area is 198 Å². The zero-order valence-electron chi connectivity index (χ0n) is 20.4. The molecular weight excluding hydrogens is 420 g/mol. The summed E-state index contributed by atoms with van der Waals surface area (Å²) in [7, 11) is 0. The zero-order valence-corrected chi connectivity index (χ0v) is 21.2. The predicted octanol–water partition coefficient (Wildman–Crippen LogP) is 5.45. The molecule has 1 amide bonds. The molecule has 0 N–H and O–H groups in total. The number of aromatic nitrogens is 2. The van der Waals surface area contributed by atoms with Gasteiger partial charge in [0, 0.05) is 55.3 Å². The van der Waals surface area contributed by atoms with Gasteiger partial charge in [0.25, 0.3) is 0 Å². The van der Waals surface area contributed by atoms with Crippen LogP contribution < -0.4 is 4.90 Å². The summed E-state index contributed by atoms with van der Waals surface area (Å²) in [6.07, 6.45) is 2.46. The molecule has 0 aliphatic carbocycles. The van der Waals surface area contributed by atoms with E-state index in [9.17, 15) is 4.79 Å². The van der Waals surface area contributed by atoms with Crippen LogP contribution in [0.15, 0.2) is 24.3 Å². The SMILES string of the molecule is Cc1nc(C)c(Cc2ccc(Cl)cc2)c(N2CCN(C(=O)CC(C)CC(C)(C)C)CC2)n1. The zero-order chi connectivity index (χ0) is 23.5. The van der Waals surface area contributed by atoms with Gasteiger partial charge in [-0.2, -0.15) is 0 Å². The number of piperazine rings is 1. The second-order valence-corrected chi connectivity index (χ2v) is 10.8. The van der Waals surface area contributed by atoms with E-state index in [1.54, 1.807) is 0 Å². The fourth-order valence-corrected chi connectivity index (χ4v) is 4.83. The van der Waals surface area contributed by atoms with Crippen LogP contribution in [0.1, 0.15) is 63.2 Å². The third-order valence-corrected chi connectivity index (χ3v) is 6.27. The summed E-state index contributed by atoms with van der Waals surface area (Å²) in [5.41, 5.74) is 3.60. The predicted molar refractivity (Wildman–Crippen MR) is 132 cm³/mol. The van der Waals surface area contributed by atoms with E-state index < -0.39 is 0 Å². The quantitative estimate of drug-likeness (QED) is 0.580. The molecule has 2 heterocycles. The highest BCUT2D eigenvalue weighted by molar-refractivity contribution is 6.30. The lowest BCUT2D eigenvalue weighted by Crippen LogP contribution is -2.49. The number of rotatable bonds is 6. The number of benzene rings is 1. The van der Waals surface area contributed by atoms with Gasteiger partial charge < -0.3 is 9.80 Å². The minimum Gasteiger partial charge on any atom is -0.353 e. The number of aryl methyl sites for hydroxylation is 2. The van der Waals surface area contributed by atoms with Gasteiger partial charge in [0.2, 0.25) is 5.91 Å². The summed E-state index contributed by atoms with van der Waals surface area (Å²) in [6, 6.07) is 7.96. The molecule has 1 fully saturated rings. The lowest BCUT2D eigenvalue weighted by Gasteiger charge is -2.37.